The van der Waals surface area contributed by atoms with Gasteiger partial charge >= 0.3 is 6.18 Å². The van der Waals surface area contributed by atoms with E-state index in [1.165, 1.54) is 12.1 Å². The van der Waals surface area contributed by atoms with E-state index in [0.717, 1.165) is 4.57 Å². The zero-order chi connectivity index (χ0) is 15.7. The van der Waals surface area contributed by atoms with E-state index in [1.807, 2.05) is 0 Å². The van der Waals surface area contributed by atoms with Gasteiger partial charge in [0.05, 0.1) is 22.5 Å². The molecule has 0 saturated heterocycles. The van der Waals surface area contributed by atoms with Crippen LogP contribution in [0.3, 0.4) is 0 Å². The van der Waals surface area contributed by atoms with Crippen molar-refractivity contribution in [3.8, 4) is 0 Å². The number of para-hydroxylation sites is 2. The third-order valence-electron chi connectivity index (χ3n) is 2.96. The van der Waals surface area contributed by atoms with E-state index < -0.39 is 27.6 Å². The lowest BCUT2D eigenvalue weighted by atomic mass is 10.3. The van der Waals surface area contributed by atoms with Gasteiger partial charge in [-0.25, -0.2) is 13.4 Å². The molecule has 2 N–H and O–H groups in total. The molecule has 1 aromatic heterocycles. The van der Waals surface area contributed by atoms with Crippen molar-refractivity contribution in [2.24, 2.45) is 5.73 Å². The summed E-state index contributed by atoms with van der Waals surface area (Å²) in [6.45, 7) is -0.364. The van der Waals surface area contributed by atoms with Crippen LogP contribution in [0.25, 0.3) is 11.0 Å². The maximum atomic E-state index is 13.0. The first-order valence-electron chi connectivity index (χ1n) is 6.17. The van der Waals surface area contributed by atoms with Crippen molar-refractivity contribution in [3.05, 3.63) is 30.1 Å². The van der Waals surface area contributed by atoms with E-state index in [1.54, 1.807) is 12.1 Å². The largest absolute Gasteiger partial charge is 0.449 e. The van der Waals surface area contributed by atoms with Gasteiger partial charge in [0.1, 0.15) is 0 Å². The Labute approximate surface area is 119 Å². The number of nitrogens with two attached hydrogens (primary N) is 1. The zero-order valence-corrected chi connectivity index (χ0v) is 11.8. The molecule has 0 unspecified atom stereocenters. The number of hydrogen-bond donors (Lipinski definition) is 1. The summed E-state index contributed by atoms with van der Waals surface area (Å²) in [5.74, 6) is -1.75. The van der Waals surface area contributed by atoms with Crippen LogP contribution in [0.4, 0.5) is 13.2 Å². The maximum absolute atomic E-state index is 13.0. The molecule has 1 heterocycles. The minimum Gasteiger partial charge on any atom is -0.329 e. The second-order valence-corrected chi connectivity index (χ2v) is 6.82. The van der Waals surface area contributed by atoms with Crippen LogP contribution >= 0.6 is 0 Å². The highest BCUT2D eigenvalue weighted by atomic mass is 32.2. The van der Waals surface area contributed by atoms with E-state index in [0.29, 0.717) is 0 Å². The van der Waals surface area contributed by atoms with Gasteiger partial charge in [-0.1, -0.05) is 12.1 Å². The van der Waals surface area contributed by atoms with Gasteiger partial charge in [-0.05, 0) is 12.1 Å². The van der Waals surface area contributed by atoms with Crippen LogP contribution in [0.5, 0.6) is 0 Å². The topological polar surface area (TPSA) is 78.0 Å². The number of hydrogen-bond acceptors (Lipinski definition) is 4. The van der Waals surface area contributed by atoms with Crippen molar-refractivity contribution in [2.75, 3.05) is 18.1 Å². The molecule has 0 bridgehead atoms. The number of nitrogens with zero attached hydrogens (tertiary/aromatic N) is 2. The van der Waals surface area contributed by atoms with Gasteiger partial charge in [-0.3, -0.25) is 0 Å². The number of imidazole rings is 1. The van der Waals surface area contributed by atoms with E-state index >= 15 is 0 Å². The van der Waals surface area contributed by atoms with Crippen molar-refractivity contribution in [2.45, 2.75) is 12.7 Å². The molecule has 0 saturated carbocycles. The SMILES string of the molecule is NCCS(=O)(=O)CCn1c(C(F)(F)F)nc2ccccc21. The number of halogens is 3. The third-order valence-corrected chi connectivity index (χ3v) is 4.63. The summed E-state index contributed by atoms with van der Waals surface area (Å²) < 4.78 is 63.2. The lowest BCUT2D eigenvalue weighted by Gasteiger charge is -2.11. The average Bonchev–Trinajstić information content (AvgIpc) is 2.75. The lowest BCUT2D eigenvalue weighted by Crippen LogP contribution is -2.23. The standard InChI is InChI=1S/C12H14F3N3O2S/c13-12(14,15)11-17-9-3-1-2-4-10(9)18(11)6-8-21(19,20)7-5-16/h1-4H,5-8,16H2. The van der Waals surface area contributed by atoms with Crippen molar-refractivity contribution in [3.63, 3.8) is 0 Å². The number of aromatic nitrogens is 2. The van der Waals surface area contributed by atoms with Crippen molar-refractivity contribution >= 4 is 20.9 Å². The summed E-state index contributed by atoms with van der Waals surface area (Å²) in [6.07, 6.45) is -4.64. The molecule has 0 radical (unpaired) electrons. The van der Waals surface area contributed by atoms with Crippen LogP contribution in [0.1, 0.15) is 5.82 Å². The monoisotopic (exact) mass is 321 g/mol. The highest BCUT2D eigenvalue weighted by Gasteiger charge is 2.37. The van der Waals surface area contributed by atoms with E-state index in [4.69, 9.17) is 5.73 Å². The first kappa shape index (κ1) is 15.8. The van der Waals surface area contributed by atoms with Gasteiger partial charge in [-0.2, -0.15) is 13.2 Å². The number of benzene rings is 1. The minimum absolute atomic E-state index is 0.0564. The third kappa shape index (κ3) is 3.53. The molecular weight excluding hydrogens is 307 g/mol. The van der Waals surface area contributed by atoms with Crippen LogP contribution < -0.4 is 5.73 Å². The lowest BCUT2D eigenvalue weighted by molar-refractivity contribution is -0.146. The molecular formula is C12H14F3N3O2S. The molecule has 2 aromatic rings. The Balaban J connectivity index is 2.42. The summed E-state index contributed by atoms with van der Waals surface area (Å²) in [4.78, 5) is 3.55. The van der Waals surface area contributed by atoms with E-state index in [2.05, 4.69) is 4.98 Å². The van der Waals surface area contributed by atoms with Gasteiger partial charge in [0.2, 0.25) is 5.82 Å². The molecule has 21 heavy (non-hydrogen) atoms. The van der Waals surface area contributed by atoms with Crippen LogP contribution in [-0.2, 0) is 22.6 Å². The maximum Gasteiger partial charge on any atom is 0.449 e. The fourth-order valence-electron chi connectivity index (χ4n) is 2.03. The Hall–Kier alpha value is -1.61. The Morgan fingerprint density at radius 1 is 1.19 bits per heavy atom. The number of rotatable bonds is 5. The highest BCUT2D eigenvalue weighted by Crippen LogP contribution is 2.31. The Morgan fingerprint density at radius 2 is 1.86 bits per heavy atom. The summed E-state index contributed by atoms with van der Waals surface area (Å²) in [6, 6.07) is 6.09. The number of sulfone groups is 1. The van der Waals surface area contributed by atoms with Gasteiger partial charge < -0.3 is 10.3 Å². The Bertz CT molecular complexity index is 738. The zero-order valence-electron chi connectivity index (χ0n) is 11.0. The smallest absolute Gasteiger partial charge is 0.329 e. The number of fused-ring (bicyclic) bond motifs is 1. The fourth-order valence-corrected chi connectivity index (χ4v) is 3.05. The predicted molar refractivity (Wildman–Crippen MR) is 72.4 cm³/mol. The quantitative estimate of drug-likeness (QED) is 0.903. The Morgan fingerprint density at radius 3 is 2.48 bits per heavy atom. The van der Waals surface area contributed by atoms with Crippen LogP contribution in [0.2, 0.25) is 0 Å². The number of aryl methyl sites for hydroxylation is 1. The molecule has 0 fully saturated rings. The Kier molecular flexibility index (Phi) is 4.24. The fraction of sp³-hybridized carbons (Fsp3) is 0.417. The summed E-state index contributed by atoms with van der Waals surface area (Å²) in [7, 11) is -3.48. The molecule has 116 valence electrons. The van der Waals surface area contributed by atoms with Crippen LogP contribution in [-0.4, -0.2) is 36.0 Å². The van der Waals surface area contributed by atoms with Gasteiger partial charge in [0, 0.05) is 13.1 Å². The molecule has 0 aliphatic heterocycles. The molecule has 5 nitrogen and oxygen atoms in total. The molecule has 0 spiro atoms. The first-order chi connectivity index (χ1) is 9.74. The van der Waals surface area contributed by atoms with E-state index in [-0.39, 0.29) is 29.9 Å². The van der Waals surface area contributed by atoms with Crippen molar-refractivity contribution in [1.29, 1.82) is 0 Å². The molecule has 0 amide bonds. The van der Waals surface area contributed by atoms with Crippen molar-refractivity contribution < 1.29 is 21.6 Å². The van der Waals surface area contributed by atoms with Crippen LogP contribution in [0, 0.1) is 0 Å². The van der Waals surface area contributed by atoms with Gasteiger partial charge in [-0.15, -0.1) is 0 Å². The number of alkyl halides is 3. The first-order valence-corrected chi connectivity index (χ1v) is 8.00. The normalized spacial score (nSPS) is 13.0. The molecule has 2 rings (SSSR count). The van der Waals surface area contributed by atoms with Crippen LogP contribution in [0.15, 0.2) is 24.3 Å². The predicted octanol–water partition coefficient (Wildman–Crippen LogP) is 1.43. The molecule has 0 aliphatic rings. The second kappa shape index (κ2) is 5.64. The molecule has 9 heteroatoms. The van der Waals surface area contributed by atoms with E-state index in [9.17, 15) is 21.6 Å². The molecule has 0 aliphatic carbocycles. The second-order valence-electron chi connectivity index (χ2n) is 4.51. The summed E-state index contributed by atoms with van der Waals surface area (Å²) in [5, 5.41) is 0. The molecule has 1 aromatic carbocycles. The highest BCUT2D eigenvalue weighted by molar-refractivity contribution is 7.91. The van der Waals surface area contributed by atoms with Gasteiger partial charge in [0.25, 0.3) is 0 Å². The van der Waals surface area contributed by atoms with Gasteiger partial charge in [0.15, 0.2) is 9.84 Å². The summed E-state index contributed by atoms with van der Waals surface area (Å²) in [5.41, 5.74) is 5.61. The summed E-state index contributed by atoms with van der Waals surface area (Å²) >= 11 is 0. The molecule has 0 atom stereocenters. The average molecular weight is 321 g/mol. The minimum atomic E-state index is -4.64. The van der Waals surface area contributed by atoms with Crippen molar-refractivity contribution in [1.82, 2.24) is 9.55 Å².